The number of nitrogens with two attached hydrogens (primary N) is 1. The third-order valence-electron chi connectivity index (χ3n) is 6.24. The Morgan fingerprint density at radius 1 is 1.17 bits per heavy atom. The first kappa shape index (κ1) is 24.5. The van der Waals surface area contributed by atoms with Crippen LogP contribution in [-0.2, 0) is 19.1 Å². The molecule has 1 heterocycles. The second kappa shape index (κ2) is 8.55. The zero-order valence-corrected chi connectivity index (χ0v) is 20.0. The predicted octanol–water partition coefficient (Wildman–Crippen LogP) is 5.21. The number of hydrogen-bond acceptors (Lipinski definition) is 4. The molecule has 0 saturated heterocycles. The molecule has 0 fully saturated rings. The van der Waals surface area contributed by atoms with E-state index in [9.17, 15) is 22.8 Å². The Labute approximate surface area is 201 Å². The lowest BCUT2D eigenvalue weighted by Crippen LogP contribution is -2.28. The number of alkyl halides is 3. The zero-order valence-electron chi connectivity index (χ0n) is 20.0. The van der Waals surface area contributed by atoms with E-state index in [4.69, 9.17) is 5.73 Å². The van der Waals surface area contributed by atoms with Crippen molar-refractivity contribution in [3.05, 3.63) is 76.1 Å². The van der Waals surface area contributed by atoms with Crippen LogP contribution in [0.3, 0.4) is 0 Å². The van der Waals surface area contributed by atoms with Gasteiger partial charge in [0.1, 0.15) is 0 Å². The normalized spacial score (nSPS) is 15.1. The summed E-state index contributed by atoms with van der Waals surface area (Å²) in [6, 6.07) is 9.71. The molecule has 0 atom stereocenters. The average molecular weight is 485 g/mol. The monoisotopic (exact) mass is 484 g/mol. The Morgan fingerprint density at radius 2 is 1.89 bits per heavy atom. The average Bonchev–Trinajstić information content (AvgIpc) is 3.07. The van der Waals surface area contributed by atoms with Crippen molar-refractivity contribution in [3.8, 4) is 5.69 Å². The first-order chi connectivity index (χ1) is 16.3. The summed E-state index contributed by atoms with van der Waals surface area (Å²) in [5, 5.41) is 4.56. The number of aromatic nitrogens is 2. The number of anilines is 1. The van der Waals surface area contributed by atoms with Crippen molar-refractivity contribution >= 4 is 17.4 Å². The lowest BCUT2D eigenvalue weighted by atomic mass is 9.75. The summed E-state index contributed by atoms with van der Waals surface area (Å²) in [6.45, 7) is 5.87. The number of halogens is 3. The molecule has 6 nitrogen and oxygen atoms in total. The maximum atomic E-state index is 13.0. The van der Waals surface area contributed by atoms with E-state index in [0.29, 0.717) is 46.6 Å². The highest BCUT2D eigenvalue weighted by Gasteiger charge is 2.36. The third kappa shape index (κ3) is 4.80. The van der Waals surface area contributed by atoms with Gasteiger partial charge in [-0.15, -0.1) is 0 Å². The number of amides is 1. The number of Topliss-reactive ketones (excluding diaryl/α,β-unsaturated/α-hetero) is 1. The van der Waals surface area contributed by atoms with Gasteiger partial charge in [-0.25, -0.2) is 4.68 Å². The SMILES string of the molecule is Cc1nn(-c2ccc(C(=O)N(C)Cc3cccc(C(F)(F)F)c3)cc2N)c2c1C(=O)CC(C)(C)C2. The molecule has 0 saturated carbocycles. The molecule has 2 aromatic carbocycles. The van der Waals surface area contributed by atoms with Crippen LogP contribution in [0.15, 0.2) is 42.5 Å². The van der Waals surface area contributed by atoms with Crippen LogP contribution in [0.2, 0.25) is 0 Å². The summed E-state index contributed by atoms with van der Waals surface area (Å²) in [5.74, 6) is -0.322. The van der Waals surface area contributed by atoms with Gasteiger partial charge in [0.05, 0.1) is 33.9 Å². The molecule has 2 N–H and O–H groups in total. The summed E-state index contributed by atoms with van der Waals surface area (Å²) >= 11 is 0. The number of rotatable bonds is 4. The van der Waals surface area contributed by atoms with Crippen molar-refractivity contribution in [1.82, 2.24) is 14.7 Å². The van der Waals surface area contributed by atoms with Gasteiger partial charge in [0.2, 0.25) is 0 Å². The van der Waals surface area contributed by atoms with Gasteiger partial charge in [0.15, 0.2) is 5.78 Å². The van der Waals surface area contributed by atoms with Gasteiger partial charge < -0.3 is 10.6 Å². The minimum absolute atomic E-state index is 0.00740. The molecule has 1 amide bonds. The number of fused-ring (bicyclic) bond motifs is 1. The molecular weight excluding hydrogens is 457 g/mol. The van der Waals surface area contributed by atoms with E-state index in [1.807, 2.05) is 13.8 Å². The Kier molecular flexibility index (Phi) is 5.99. The second-order valence-corrected chi connectivity index (χ2v) is 9.89. The highest BCUT2D eigenvalue weighted by molar-refractivity contribution is 6.00. The fourth-order valence-corrected chi connectivity index (χ4v) is 4.63. The highest BCUT2D eigenvalue weighted by Crippen LogP contribution is 2.37. The summed E-state index contributed by atoms with van der Waals surface area (Å²) in [7, 11) is 1.52. The summed E-state index contributed by atoms with van der Waals surface area (Å²) < 4.78 is 40.7. The van der Waals surface area contributed by atoms with Gasteiger partial charge in [-0.3, -0.25) is 9.59 Å². The van der Waals surface area contributed by atoms with Gasteiger partial charge in [-0.05, 0) is 54.7 Å². The topological polar surface area (TPSA) is 81.2 Å². The maximum Gasteiger partial charge on any atom is 0.416 e. The van der Waals surface area contributed by atoms with Crippen LogP contribution in [0.1, 0.15) is 63.5 Å². The van der Waals surface area contributed by atoms with Crippen molar-refractivity contribution in [2.75, 3.05) is 12.8 Å². The quantitative estimate of drug-likeness (QED) is 0.516. The second-order valence-electron chi connectivity index (χ2n) is 9.89. The number of nitrogens with zero attached hydrogens (tertiary/aromatic N) is 3. The molecule has 0 radical (unpaired) electrons. The number of carbonyl (C=O) groups is 2. The van der Waals surface area contributed by atoms with Gasteiger partial charge in [0, 0.05) is 25.6 Å². The van der Waals surface area contributed by atoms with E-state index in [1.165, 1.54) is 24.1 Å². The Morgan fingerprint density at radius 3 is 2.54 bits per heavy atom. The molecule has 0 aliphatic heterocycles. The van der Waals surface area contributed by atoms with Crippen molar-refractivity contribution < 1.29 is 22.8 Å². The lowest BCUT2D eigenvalue weighted by molar-refractivity contribution is -0.137. The molecule has 3 aromatic rings. The van der Waals surface area contributed by atoms with Crippen molar-refractivity contribution in [2.45, 2.75) is 46.3 Å². The maximum absolute atomic E-state index is 13.0. The predicted molar refractivity (Wildman–Crippen MR) is 126 cm³/mol. The number of aryl methyl sites for hydroxylation is 1. The summed E-state index contributed by atoms with van der Waals surface area (Å²) in [4.78, 5) is 27.0. The van der Waals surface area contributed by atoms with Gasteiger partial charge in [-0.2, -0.15) is 18.3 Å². The fraction of sp³-hybridized carbons (Fsp3) is 0.346. The van der Waals surface area contributed by atoms with Gasteiger partial charge in [-0.1, -0.05) is 26.0 Å². The number of ketones is 1. The molecule has 4 rings (SSSR count). The molecule has 9 heteroatoms. The number of benzene rings is 2. The molecule has 0 bridgehead atoms. The van der Waals surface area contributed by atoms with Gasteiger partial charge in [0.25, 0.3) is 5.91 Å². The molecule has 0 spiro atoms. The van der Waals surface area contributed by atoms with Crippen LogP contribution in [0, 0.1) is 12.3 Å². The van der Waals surface area contributed by atoms with E-state index in [2.05, 4.69) is 5.10 Å². The number of carbonyl (C=O) groups excluding carboxylic acids is 2. The van der Waals surface area contributed by atoms with Crippen LogP contribution >= 0.6 is 0 Å². The van der Waals surface area contributed by atoms with E-state index in [1.54, 1.807) is 29.8 Å². The molecule has 1 aliphatic rings. The standard InChI is InChI=1S/C26H27F3N4O2/c1-15-23-21(12-25(2,3)13-22(23)34)33(31-15)20-9-8-17(11-19(20)30)24(35)32(4)14-16-6-5-7-18(10-16)26(27,28)29/h5-11H,12-14,30H2,1-4H3. The van der Waals surface area contributed by atoms with Crippen LogP contribution in [-0.4, -0.2) is 33.4 Å². The first-order valence-electron chi connectivity index (χ1n) is 11.2. The van der Waals surface area contributed by atoms with E-state index < -0.39 is 11.7 Å². The lowest BCUT2D eigenvalue weighted by Gasteiger charge is -2.29. The summed E-state index contributed by atoms with van der Waals surface area (Å²) in [6.07, 6.45) is -3.34. The van der Waals surface area contributed by atoms with Crippen molar-refractivity contribution in [3.63, 3.8) is 0 Å². The molecule has 35 heavy (non-hydrogen) atoms. The molecule has 1 aliphatic carbocycles. The van der Waals surface area contributed by atoms with Gasteiger partial charge >= 0.3 is 6.18 Å². The molecular formula is C26H27F3N4O2. The molecule has 1 aromatic heterocycles. The molecule has 184 valence electrons. The van der Waals surface area contributed by atoms with E-state index >= 15 is 0 Å². The van der Waals surface area contributed by atoms with E-state index in [-0.39, 0.29) is 23.7 Å². The third-order valence-corrected chi connectivity index (χ3v) is 6.24. The Balaban J connectivity index is 1.59. The number of hydrogen-bond donors (Lipinski definition) is 1. The van der Waals surface area contributed by atoms with Crippen LogP contribution in [0.4, 0.5) is 18.9 Å². The Bertz CT molecular complexity index is 1320. The number of nitrogen functional groups attached to an aromatic ring is 1. The molecule has 0 unspecified atom stereocenters. The van der Waals surface area contributed by atoms with Crippen LogP contribution in [0.5, 0.6) is 0 Å². The van der Waals surface area contributed by atoms with Crippen LogP contribution in [0.25, 0.3) is 5.69 Å². The minimum Gasteiger partial charge on any atom is -0.397 e. The van der Waals surface area contributed by atoms with E-state index in [0.717, 1.165) is 17.8 Å². The minimum atomic E-state index is -4.45. The van der Waals surface area contributed by atoms with Crippen molar-refractivity contribution in [1.29, 1.82) is 0 Å². The highest BCUT2D eigenvalue weighted by atomic mass is 19.4. The fourth-order valence-electron chi connectivity index (χ4n) is 4.63. The largest absolute Gasteiger partial charge is 0.416 e. The summed E-state index contributed by atoms with van der Waals surface area (Å²) in [5.41, 5.74) is 8.97. The Hall–Kier alpha value is -3.62. The zero-order chi connectivity index (χ0) is 25.7. The first-order valence-corrected chi connectivity index (χ1v) is 11.2. The van der Waals surface area contributed by atoms with Crippen molar-refractivity contribution in [2.24, 2.45) is 5.41 Å². The van der Waals surface area contributed by atoms with Crippen LogP contribution < -0.4 is 5.73 Å². The smallest absolute Gasteiger partial charge is 0.397 e.